The summed E-state index contributed by atoms with van der Waals surface area (Å²) in [4.78, 5) is 30.3. The van der Waals surface area contributed by atoms with E-state index < -0.39 is 17.7 Å². The third kappa shape index (κ3) is 3.99. The van der Waals surface area contributed by atoms with Gasteiger partial charge in [0.2, 0.25) is 0 Å². The Morgan fingerprint density at radius 1 is 1.03 bits per heavy atom. The van der Waals surface area contributed by atoms with Crippen LogP contribution in [-0.2, 0) is 9.59 Å². The molecule has 1 saturated heterocycles. The lowest BCUT2D eigenvalue weighted by Gasteiger charge is -2.31. The van der Waals surface area contributed by atoms with Crippen LogP contribution in [0.4, 0.5) is 5.69 Å². The van der Waals surface area contributed by atoms with Gasteiger partial charge in [0, 0.05) is 31.4 Å². The Kier molecular flexibility index (Phi) is 6.19. The van der Waals surface area contributed by atoms with Gasteiger partial charge in [0.25, 0.3) is 11.7 Å². The SMILES string of the molecule is COc1cc(C)c(/C(O)=C2\C(=O)C(=O)N(C3CCCC3)C2c2ccc(N(C)C)cc2)cc1C. The average molecular weight is 449 g/mol. The standard InChI is InChI=1S/C27H32N2O4/c1-16-15-22(33-5)17(2)14-21(16)25(30)23-24(18-10-12-19(13-11-18)28(3)4)29(27(32)26(23)31)20-8-6-7-9-20/h10-15,20,24,30H,6-9H2,1-5H3/b25-23+. The number of carbonyl (C=O) groups excluding carboxylic acids is 2. The lowest BCUT2D eigenvalue weighted by Crippen LogP contribution is -2.37. The molecule has 1 aliphatic heterocycles. The summed E-state index contributed by atoms with van der Waals surface area (Å²) in [6.07, 6.45) is 3.83. The molecule has 6 nitrogen and oxygen atoms in total. The summed E-state index contributed by atoms with van der Waals surface area (Å²) in [5.74, 6) is -0.549. The zero-order chi connectivity index (χ0) is 23.9. The fourth-order valence-electron chi connectivity index (χ4n) is 5.10. The maximum absolute atomic E-state index is 13.3. The van der Waals surface area contributed by atoms with E-state index >= 15 is 0 Å². The van der Waals surface area contributed by atoms with Crippen LogP contribution in [0.5, 0.6) is 5.75 Å². The summed E-state index contributed by atoms with van der Waals surface area (Å²) in [7, 11) is 5.54. The molecule has 1 heterocycles. The van der Waals surface area contributed by atoms with Crippen molar-refractivity contribution in [3.63, 3.8) is 0 Å². The van der Waals surface area contributed by atoms with Crippen LogP contribution in [-0.4, -0.2) is 48.9 Å². The maximum atomic E-state index is 13.3. The molecule has 4 rings (SSSR count). The molecule has 1 amide bonds. The van der Waals surface area contributed by atoms with Gasteiger partial charge in [0.15, 0.2) is 0 Å². The molecule has 0 bridgehead atoms. The van der Waals surface area contributed by atoms with Gasteiger partial charge in [0.1, 0.15) is 11.5 Å². The largest absolute Gasteiger partial charge is 0.507 e. The van der Waals surface area contributed by atoms with E-state index in [0.717, 1.165) is 48.1 Å². The molecule has 2 aliphatic rings. The molecule has 6 heteroatoms. The van der Waals surface area contributed by atoms with Gasteiger partial charge in [-0.3, -0.25) is 9.59 Å². The van der Waals surface area contributed by atoms with Gasteiger partial charge in [-0.1, -0.05) is 25.0 Å². The maximum Gasteiger partial charge on any atom is 0.295 e. The summed E-state index contributed by atoms with van der Waals surface area (Å²) in [6, 6.07) is 10.9. The average Bonchev–Trinajstić information content (AvgIpc) is 3.41. The van der Waals surface area contributed by atoms with Crippen LogP contribution in [0.2, 0.25) is 0 Å². The predicted octanol–water partition coefficient (Wildman–Crippen LogP) is 4.74. The van der Waals surface area contributed by atoms with Gasteiger partial charge in [-0.05, 0) is 67.6 Å². The van der Waals surface area contributed by atoms with Crippen molar-refractivity contribution in [3.05, 3.63) is 64.2 Å². The second-order valence-electron chi connectivity index (χ2n) is 9.27. The Bertz CT molecular complexity index is 1110. The van der Waals surface area contributed by atoms with Gasteiger partial charge in [-0.2, -0.15) is 0 Å². The lowest BCUT2D eigenvalue weighted by molar-refractivity contribution is -0.141. The number of Topliss-reactive ketones (excluding diaryl/α,β-unsaturated/α-hetero) is 1. The molecule has 1 saturated carbocycles. The number of likely N-dealkylation sites (tertiary alicyclic amines) is 1. The first-order valence-corrected chi connectivity index (χ1v) is 11.5. The Morgan fingerprint density at radius 3 is 2.24 bits per heavy atom. The van der Waals surface area contributed by atoms with E-state index in [0.29, 0.717) is 11.3 Å². The molecule has 0 radical (unpaired) electrons. The molecule has 0 aromatic heterocycles. The number of carbonyl (C=O) groups is 2. The number of anilines is 1. The van der Waals surface area contributed by atoms with Crippen LogP contribution in [0.1, 0.15) is 54.0 Å². The van der Waals surface area contributed by atoms with E-state index in [1.807, 2.05) is 69.2 Å². The first-order valence-electron chi connectivity index (χ1n) is 11.5. The first kappa shape index (κ1) is 22.9. The molecule has 33 heavy (non-hydrogen) atoms. The molecule has 2 aromatic carbocycles. The van der Waals surface area contributed by atoms with E-state index in [2.05, 4.69) is 0 Å². The normalized spacial score (nSPS) is 20.5. The van der Waals surface area contributed by atoms with Gasteiger partial charge >= 0.3 is 0 Å². The minimum Gasteiger partial charge on any atom is -0.507 e. The Labute approximate surface area is 195 Å². The molecule has 1 N–H and O–H groups in total. The quantitative estimate of drug-likeness (QED) is 0.406. The predicted molar refractivity (Wildman–Crippen MR) is 130 cm³/mol. The zero-order valence-electron chi connectivity index (χ0n) is 20.0. The van der Waals surface area contributed by atoms with Gasteiger partial charge in [0.05, 0.1) is 18.7 Å². The fourth-order valence-corrected chi connectivity index (χ4v) is 5.10. The van der Waals surface area contributed by atoms with Crippen molar-refractivity contribution in [2.75, 3.05) is 26.1 Å². The Morgan fingerprint density at radius 2 is 1.67 bits per heavy atom. The summed E-state index contributed by atoms with van der Waals surface area (Å²) < 4.78 is 5.40. The van der Waals surface area contributed by atoms with Crippen molar-refractivity contribution in [3.8, 4) is 5.75 Å². The number of nitrogens with zero attached hydrogens (tertiary/aromatic N) is 2. The first-order chi connectivity index (χ1) is 15.7. The number of ketones is 1. The minimum atomic E-state index is -0.617. The van der Waals surface area contributed by atoms with Gasteiger partial charge < -0.3 is 19.6 Å². The highest BCUT2D eigenvalue weighted by Crippen LogP contribution is 2.44. The van der Waals surface area contributed by atoms with Crippen molar-refractivity contribution in [2.45, 2.75) is 51.6 Å². The van der Waals surface area contributed by atoms with Crippen LogP contribution in [0.25, 0.3) is 5.76 Å². The van der Waals surface area contributed by atoms with E-state index in [1.54, 1.807) is 12.0 Å². The smallest absolute Gasteiger partial charge is 0.295 e. The topological polar surface area (TPSA) is 70.1 Å². The van der Waals surface area contributed by atoms with Gasteiger partial charge in [-0.15, -0.1) is 0 Å². The summed E-state index contributed by atoms with van der Waals surface area (Å²) >= 11 is 0. The van der Waals surface area contributed by atoms with E-state index in [4.69, 9.17) is 4.74 Å². The van der Waals surface area contributed by atoms with Crippen LogP contribution >= 0.6 is 0 Å². The number of methoxy groups -OCH3 is 1. The molecule has 2 fully saturated rings. The number of aliphatic hydroxyl groups excluding tert-OH is 1. The van der Waals surface area contributed by atoms with E-state index in [-0.39, 0.29) is 17.4 Å². The molecule has 1 unspecified atom stereocenters. The molecular formula is C27H32N2O4. The van der Waals surface area contributed by atoms with Crippen molar-refractivity contribution < 1.29 is 19.4 Å². The number of benzene rings is 2. The van der Waals surface area contributed by atoms with Crippen LogP contribution in [0, 0.1) is 13.8 Å². The van der Waals surface area contributed by atoms with Crippen molar-refractivity contribution >= 4 is 23.1 Å². The highest BCUT2D eigenvalue weighted by atomic mass is 16.5. The summed E-state index contributed by atoms with van der Waals surface area (Å²) in [5.41, 5.74) is 4.20. The monoisotopic (exact) mass is 448 g/mol. The minimum absolute atomic E-state index is 0.00368. The van der Waals surface area contributed by atoms with E-state index in [1.165, 1.54) is 0 Å². The summed E-state index contributed by atoms with van der Waals surface area (Å²) in [5, 5.41) is 11.4. The third-order valence-corrected chi connectivity index (χ3v) is 6.92. The number of aliphatic hydroxyl groups is 1. The van der Waals surface area contributed by atoms with Crippen molar-refractivity contribution in [1.82, 2.24) is 4.90 Å². The number of amides is 1. The summed E-state index contributed by atoms with van der Waals surface area (Å²) in [6.45, 7) is 3.76. The molecular weight excluding hydrogens is 416 g/mol. The van der Waals surface area contributed by atoms with Crippen molar-refractivity contribution in [1.29, 1.82) is 0 Å². The van der Waals surface area contributed by atoms with Crippen LogP contribution in [0.15, 0.2) is 42.0 Å². The third-order valence-electron chi connectivity index (χ3n) is 6.92. The van der Waals surface area contributed by atoms with E-state index in [9.17, 15) is 14.7 Å². The fraction of sp³-hybridized carbons (Fsp3) is 0.407. The lowest BCUT2D eigenvalue weighted by atomic mass is 9.92. The number of hydrogen-bond donors (Lipinski definition) is 1. The molecule has 2 aromatic rings. The Hall–Kier alpha value is -3.28. The number of rotatable bonds is 5. The molecule has 0 spiro atoms. The molecule has 1 atom stereocenters. The number of hydrogen-bond acceptors (Lipinski definition) is 5. The molecule has 1 aliphatic carbocycles. The molecule has 174 valence electrons. The van der Waals surface area contributed by atoms with Gasteiger partial charge in [-0.25, -0.2) is 0 Å². The Balaban J connectivity index is 1.89. The van der Waals surface area contributed by atoms with Crippen molar-refractivity contribution in [2.24, 2.45) is 0 Å². The zero-order valence-corrected chi connectivity index (χ0v) is 20.0. The highest BCUT2D eigenvalue weighted by Gasteiger charge is 2.49. The second kappa shape index (κ2) is 8.93. The highest BCUT2D eigenvalue weighted by molar-refractivity contribution is 6.46. The number of ether oxygens (including phenoxy) is 1. The second-order valence-corrected chi connectivity index (χ2v) is 9.27. The number of aryl methyl sites for hydroxylation is 2. The van der Waals surface area contributed by atoms with Crippen LogP contribution in [0.3, 0.4) is 0 Å². The van der Waals surface area contributed by atoms with Crippen LogP contribution < -0.4 is 9.64 Å².